The first-order chi connectivity index (χ1) is 11.1. The molecule has 0 unspecified atom stereocenters. The van der Waals surface area contributed by atoms with Crippen molar-refractivity contribution in [2.45, 2.75) is 52.4 Å². The van der Waals surface area contributed by atoms with Crippen molar-refractivity contribution in [1.82, 2.24) is 0 Å². The maximum atomic E-state index is 8.11. The molecule has 0 bridgehead atoms. The first-order valence-electron chi connectivity index (χ1n) is 8.68. The highest BCUT2D eigenvalue weighted by Gasteiger charge is 2.38. The largest absolute Gasteiger partial charge is 0.313 e. The fourth-order valence-corrected chi connectivity index (χ4v) is 3.82. The number of rotatable bonds is 7. The first-order valence-corrected chi connectivity index (χ1v) is 8.68. The van der Waals surface area contributed by atoms with Crippen molar-refractivity contribution in [3.05, 3.63) is 70.8 Å². The van der Waals surface area contributed by atoms with Crippen molar-refractivity contribution < 1.29 is 0 Å². The fourth-order valence-electron chi connectivity index (χ4n) is 3.82. The second-order valence-electron chi connectivity index (χ2n) is 6.75. The van der Waals surface area contributed by atoms with Gasteiger partial charge in [-0.3, -0.25) is 0 Å². The van der Waals surface area contributed by atoms with Gasteiger partial charge in [0.15, 0.2) is 0 Å². The molecule has 0 aliphatic carbocycles. The van der Waals surface area contributed by atoms with E-state index in [0.29, 0.717) is 0 Å². The lowest BCUT2D eigenvalue weighted by Crippen LogP contribution is -2.36. The molecule has 2 aromatic carbocycles. The average molecular weight is 307 g/mol. The molecule has 122 valence electrons. The Morgan fingerprint density at radius 3 is 1.83 bits per heavy atom. The number of hydrogen-bond acceptors (Lipinski definition) is 1. The van der Waals surface area contributed by atoms with Gasteiger partial charge in [0.25, 0.3) is 0 Å². The number of benzene rings is 2. The summed E-state index contributed by atoms with van der Waals surface area (Å²) in [7, 11) is 0. The van der Waals surface area contributed by atoms with E-state index < -0.39 is 0 Å². The molecule has 1 nitrogen and oxygen atoms in total. The standard InChI is InChI=1S/C22H29N/c1-5-6-13-19(16-23)22(4,20-14-9-7-11-17(20)2)21-15-10-8-12-18(21)3/h7-12,14-16,19,23H,5-6,13H2,1-4H3/t19-/m0/s1. The van der Waals surface area contributed by atoms with Gasteiger partial charge in [-0.05, 0) is 48.7 Å². The fraction of sp³-hybridized carbons (Fsp3) is 0.409. The Morgan fingerprint density at radius 1 is 0.957 bits per heavy atom. The van der Waals surface area contributed by atoms with Crippen LogP contribution in [0.1, 0.15) is 55.4 Å². The van der Waals surface area contributed by atoms with E-state index in [1.165, 1.54) is 28.7 Å². The summed E-state index contributed by atoms with van der Waals surface area (Å²) in [4.78, 5) is 0. The normalized spacial score (nSPS) is 12.9. The van der Waals surface area contributed by atoms with Crippen LogP contribution in [-0.4, -0.2) is 6.21 Å². The second kappa shape index (κ2) is 7.59. The molecule has 1 N–H and O–H groups in total. The van der Waals surface area contributed by atoms with Crippen molar-refractivity contribution in [2.75, 3.05) is 0 Å². The van der Waals surface area contributed by atoms with Crippen molar-refractivity contribution in [2.24, 2.45) is 5.92 Å². The highest BCUT2D eigenvalue weighted by Crippen LogP contribution is 2.43. The summed E-state index contributed by atoms with van der Waals surface area (Å²) in [5.74, 6) is 0.213. The lowest BCUT2D eigenvalue weighted by Gasteiger charge is -2.39. The lowest BCUT2D eigenvalue weighted by molar-refractivity contribution is 0.406. The Balaban J connectivity index is 2.66. The number of aryl methyl sites for hydroxylation is 2. The molecule has 0 aromatic heterocycles. The van der Waals surface area contributed by atoms with Crippen molar-refractivity contribution in [1.29, 1.82) is 5.41 Å². The van der Waals surface area contributed by atoms with Crippen LogP contribution in [0.2, 0.25) is 0 Å². The van der Waals surface area contributed by atoms with Crippen molar-refractivity contribution in [3.63, 3.8) is 0 Å². The monoisotopic (exact) mass is 307 g/mol. The minimum Gasteiger partial charge on any atom is -0.313 e. The van der Waals surface area contributed by atoms with Gasteiger partial charge in [0.2, 0.25) is 0 Å². The zero-order valence-electron chi connectivity index (χ0n) is 14.9. The van der Waals surface area contributed by atoms with E-state index >= 15 is 0 Å². The molecule has 0 saturated carbocycles. The second-order valence-corrected chi connectivity index (χ2v) is 6.75. The third-order valence-corrected chi connectivity index (χ3v) is 5.22. The maximum Gasteiger partial charge on any atom is 0.0257 e. The predicted molar refractivity (Wildman–Crippen MR) is 101 cm³/mol. The summed E-state index contributed by atoms with van der Waals surface area (Å²) in [6.45, 7) is 8.92. The van der Waals surface area contributed by atoms with Crippen LogP contribution in [0.5, 0.6) is 0 Å². The highest BCUT2D eigenvalue weighted by molar-refractivity contribution is 5.64. The van der Waals surface area contributed by atoms with Gasteiger partial charge in [-0.15, -0.1) is 0 Å². The molecule has 0 aliphatic rings. The molecule has 0 amide bonds. The van der Waals surface area contributed by atoms with Gasteiger partial charge >= 0.3 is 0 Å². The number of hydrogen-bond donors (Lipinski definition) is 1. The van der Waals surface area contributed by atoms with E-state index in [4.69, 9.17) is 5.41 Å². The summed E-state index contributed by atoms with van der Waals surface area (Å²) in [5.41, 5.74) is 5.15. The van der Waals surface area contributed by atoms with Gasteiger partial charge < -0.3 is 5.41 Å². The molecule has 0 saturated heterocycles. The Morgan fingerprint density at radius 2 is 1.43 bits per heavy atom. The van der Waals surface area contributed by atoms with Crippen LogP contribution in [0.15, 0.2) is 48.5 Å². The summed E-state index contributed by atoms with van der Waals surface area (Å²) >= 11 is 0. The molecule has 1 heteroatoms. The van der Waals surface area contributed by atoms with Crippen molar-refractivity contribution >= 4 is 6.21 Å². The predicted octanol–water partition coefficient (Wildman–Crippen LogP) is 6.07. The molecule has 0 radical (unpaired) electrons. The smallest absolute Gasteiger partial charge is 0.0257 e. The Bertz CT molecular complexity index is 611. The van der Waals surface area contributed by atoms with Crippen LogP contribution in [0.4, 0.5) is 0 Å². The Hall–Kier alpha value is -1.89. The number of nitrogens with one attached hydrogen (secondary N) is 1. The Labute approximate surface area is 141 Å². The van der Waals surface area contributed by atoms with Crippen LogP contribution >= 0.6 is 0 Å². The molecule has 0 aliphatic heterocycles. The van der Waals surface area contributed by atoms with Gasteiger partial charge in [0, 0.05) is 11.3 Å². The SMILES string of the molecule is CCCC[C@@H](C=N)C(C)(c1ccccc1C)c1ccccc1C. The van der Waals surface area contributed by atoms with Gasteiger partial charge in [-0.2, -0.15) is 0 Å². The van der Waals surface area contributed by atoms with E-state index in [1.54, 1.807) is 6.21 Å². The van der Waals surface area contributed by atoms with E-state index in [9.17, 15) is 0 Å². The third kappa shape index (κ3) is 3.39. The number of unbranched alkanes of at least 4 members (excludes halogenated alkanes) is 1. The Kier molecular flexibility index (Phi) is 5.76. The van der Waals surface area contributed by atoms with Gasteiger partial charge in [0.1, 0.15) is 0 Å². The molecular weight excluding hydrogens is 278 g/mol. The minimum absolute atomic E-state index is 0.159. The van der Waals surface area contributed by atoms with Crippen LogP contribution in [0.25, 0.3) is 0 Å². The van der Waals surface area contributed by atoms with Gasteiger partial charge in [-0.1, -0.05) is 75.2 Å². The third-order valence-electron chi connectivity index (χ3n) is 5.22. The molecule has 0 spiro atoms. The van der Waals surface area contributed by atoms with E-state index in [0.717, 1.165) is 12.8 Å². The van der Waals surface area contributed by atoms with Gasteiger partial charge in [0.05, 0.1) is 0 Å². The zero-order valence-corrected chi connectivity index (χ0v) is 14.9. The summed E-state index contributed by atoms with van der Waals surface area (Å²) in [6, 6.07) is 17.3. The summed E-state index contributed by atoms with van der Waals surface area (Å²) in [6.07, 6.45) is 5.06. The van der Waals surface area contributed by atoms with Crippen LogP contribution in [-0.2, 0) is 5.41 Å². The molecule has 0 heterocycles. The molecule has 1 atom stereocenters. The van der Waals surface area contributed by atoms with Crippen LogP contribution < -0.4 is 0 Å². The summed E-state index contributed by atoms with van der Waals surface area (Å²) < 4.78 is 0. The molecule has 2 rings (SSSR count). The topological polar surface area (TPSA) is 23.9 Å². The average Bonchev–Trinajstić information content (AvgIpc) is 2.56. The highest BCUT2D eigenvalue weighted by atomic mass is 14.5. The molecular formula is C22H29N. The van der Waals surface area contributed by atoms with Crippen LogP contribution in [0.3, 0.4) is 0 Å². The quantitative estimate of drug-likeness (QED) is 0.601. The van der Waals surface area contributed by atoms with Crippen LogP contribution in [0, 0.1) is 25.2 Å². The lowest BCUT2D eigenvalue weighted by atomic mass is 9.64. The molecule has 2 aromatic rings. The summed E-state index contributed by atoms with van der Waals surface area (Å²) in [5, 5.41) is 8.11. The maximum absolute atomic E-state index is 8.11. The first kappa shape index (κ1) is 17.5. The van der Waals surface area contributed by atoms with Crippen molar-refractivity contribution in [3.8, 4) is 0 Å². The van der Waals surface area contributed by atoms with E-state index in [1.807, 2.05) is 0 Å². The molecule has 23 heavy (non-hydrogen) atoms. The molecule has 0 fully saturated rings. The van der Waals surface area contributed by atoms with E-state index in [2.05, 4.69) is 76.2 Å². The van der Waals surface area contributed by atoms with E-state index in [-0.39, 0.29) is 11.3 Å². The van der Waals surface area contributed by atoms with Gasteiger partial charge in [-0.25, -0.2) is 0 Å². The minimum atomic E-state index is -0.159. The zero-order chi connectivity index (χ0) is 16.9.